The Hall–Kier alpha value is -3.18. The summed E-state index contributed by atoms with van der Waals surface area (Å²) in [7, 11) is 3.14. The van der Waals surface area contributed by atoms with E-state index in [1.54, 1.807) is 34.9 Å². The highest BCUT2D eigenvalue weighted by molar-refractivity contribution is 6.37. The van der Waals surface area contributed by atoms with E-state index in [1.807, 2.05) is 27.7 Å². The van der Waals surface area contributed by atoms with Crippen LogP contribution in [0.25, 0.3) is 0 Å². The second kappa shape index (κ2) is 18.1. The molecule has 0 bridgehead atoms. The molecule has 6 amide bonds. The van der Waals surface area contributed by atoms with Gasteiger partial charge in [0.1, 0.15) is 12.1 Å². The van der Waals surface area contributed by atoms with Crippen LogP contribution < -0.4 is 21.7 Å². The standard InChI is InChI=1S/C26H44N6O6.C5H12.C2H6/c1-14(2)16-11-18(23(36)29-17(10-15-8-9-15)20(34)22(27)35)32(13-16)24(37)21(26(3,4)5)30-25(38)28-12-19(33)31(6)7;1-5(2,3)4;1-2/h14-18,21H,8-13H2,1-7H3,(H2,27,35)(H,29,36)(H2,28,30,38);1-4H3;1-2H3/t16?,17?,18-,21?;;/m0../s1. The van der Waals surface area contributed by atoms with E-state index in [0.717, 1.165) is 12.8 Å². The molecule has 0 radical (unpaired) electrons. The highest BCUT2D eigenvalue weighted by Gasteiger charge is 2.46. The third-order valence-electron chi connectivity index (χ3n) is 7.29. The van der Waals surface area contributed by atoms with E-state index < -0.39 is 53.1 Å². The van der Waals surface area contributed by atoms with Crippen molar-refractivity contribution in [2.45, 2.75) is 120 Å². The van der Waals surface area contributed by atoms with Gasteiger partial charge in [-0.2, -0.15) is 0 Å². The molecule has 2 aliphatic rings. The Balaban J connectivity index is 0.00000251. The molecule has 1 saturated carbocycles. The molecule has 0 aromatic heterocycles. The minimum atomic E-state index is -1.11. The number of carbonyl (C=O) groups is 6. The predicted molar refractivity (Wildman–Crippen MR) is 177 cm³/mol. The minimum absolute atomic E-state index is 0.0237. The summed E-state index contributed by atoms with van der Waals surface area (Å²) >= 11 is 0. The van der Waals surface area contributed by atoms with Crippen molar-refractivity contribution in [2.24, 2.45) is 34.3 Å². The number of Topliss-reactive ketones (excluding diaryl/α,β-unsaturated/α-hetero) is 1. The summed E-state index contributed by atoms with van der Waals surface area (Å²) in [5.41, 5.74) is 5.00. The Labute approximate surface area is 271 Å². The Kier molecular flexibility index (Phi) is 16.8. The number of nitrogens with one attached hydrogen (secondary N) is 3. The lowest BCUT2D eigenvalue weighted by molar-refractivity contribution is -0.143. The lowest BCUT2D eigenvalue weighted by Crippen LogP contribution is -2.60. The smallest absolute Gasteiger partial charge is 0.315 e. The molecule has 2 fully saturated rings. The van der Waals surface area contributed by atoms with Crippen molar-refractivity contribution < 1.29 is 28.8 Å². The van der Waals surface area contributed by atoms with Crippen molar-refractivity contribution in [3.8, 4) is 0 Å². The molecule has 4 atom stereocenters. The molecule has 1 aliphatic carbocycles. The van der Waals surface area contributed by atoms with Crippen LogP contribution in [0.5, 0.6) is 0 Å². The van der Waals surface area contributed by atoms with Crippen LogP contribution >= 0.6 is 0 Å². The molecule has 0 aromatic rings. The zero-order valence-electron chi connectivity index (χ0n) is 30.1. The zero-order chi connectivity index (χ0) is 35.4. The van der Waals surface area contributed by atoms with Gasteiger partial charge in [0.2, 0.25) is 23.5 Å². The fourth-order valence-electron chi connectivity index (χ4n) is 4.51. The molecule has 3 unspecified atom stereocenters. The fraction of sp³-hybridized carbons (Fsp3) is 0.818. The van der Waals surface area contributed by atoms with Crippen molar-refractivity contribution in [2.75, 3.05) is 27.2 Å². The van der Waals surface area contributed by atoms with Crippen LogP contribution in [0.3, 0.4) is 0 Å². The molecule has 1 saturated heterocycles. The summed E-state index contributed by atoms with van der Waals surface area (Å²) in [6, 6.07) is -3.57. The van der Waals surface area contributed by atoms with Crippen molar-refractivity contribution >= 4 is 35.4 Å². The largest absolute Gasteiger partial charge is 0.363 e. The fourth-order valence-corrected chi connectivity index (χ4v) is 4.51. The number of urea groups is 1. The monoisotopic (exact) mass is 638 g/mol. The number of amides is 6. The maximum Gasteiger partial charge on any atom is 0.315 e. The van der Waals surface area contributed by atoms with E-state index in [9.17, 15) is 28.8 Å². The second-order valence-corrected chi connectivity index (χ2v) is 15.1. The Morgan fingerprint density at radius 3 is 1.82 bits per heavy atom. The first-order valence-corrected chi connectivity index (χ1v) is 16.2. The molecule has 0 spiro atoms. The highest BCUT2D eigenvalue weighted by Crippen LogP contribution is 2.35. The van der Waals surface area contributed by atoms with Crippen molar-refractivity contribution in [1.29, 1.82) is 0 Å². The van der Waals surface area contributed by atoms with Crippen molar-refractivity contribution in [1.82, 2.24) is 25.8 Å². The van der Waals surface area contributed by atoms with Gasteiger partial charge in [-0.05, 0) is 41.4 Å². The maximum absolute atomic E-state index is 13.9. The van der Waals surface area contributed by atoms with E-state index in [4.69, 9.17) is 5.73 Å². The van der Waals surface area contributed by atoms with E-state index in [1.165, 1.54) is 9.80 Å². The number of hydrogen-bond acceptors (Lipinski definition) is 6. The number of likely N-dealkylation sites (tertiary alicyclic amines) is 1. The third kappa shape index (κ3) is 15.6. The minimum Gasteiger partial charge on any atom is -0.363 e. The van der Waals surface area contributed by atoms with Gasteiger partial charge in [-0.1, -0.05) is 89.0 Å². The van der Waals surface area contributed by atoms with Gasteiger partial charge in [0.15, 0.2) is 0 Å². The van der Waals surface area contributed by atoms with E-state index in [0.29, 0.717) is 24.8 Å². The van der Waals surface area contributed by atoms with Crippen molar-refractivity contribution in [3.05, 3.63) is 0 Å². The molecule has 260 valence electrons. The Bertz CT molecular complexity index is 1020. The molecule has 45 heavy (non-hydrogen) atoms. The van der Waals surface area contributed by atoms with Gasteiger partial charge in [0.25, 0.3) is 5.91 Å². The first-order chi connectivity index (χ1) is 20.5. The number of carbonyl (C=O) groups excluding carboxylic acids is 6. The van der Waals surface area contributed by atoms with Crippen LogP contribution in [0.2, 0.25) is 0 Å². The molecule has 12 heteroatoms. The summed E-state index contributed by atoms with van der Waals surface area (Å²) in [5, 5.41) is 7.85. The molecule has 2 rings (SSSR count). The quantitative estimate of drug-likeness (QED) is 0.253. The van der Waals surface area contributed by atoms with Gasteiger partial charge in [-0.3, -0.25) is 24.0 Å². The van der Waals surface area contributed by atoms with Gasteiger partial charge in [0.05, 0.1) is 12.6 Å². The molecular formula is C33H62N6O6. The van der Waals surface area contributed by atoms with E-state index in [-0.39, 0.29) is 30.2 Å². The number of rotatable bonds is 11. The van der Waals surface area contributed by atoms with Crippen LogP contribution in [-0.4, -0.2) is 90.6 Å². The number of likely N-dealkylation sites (N-methyl/N-ethyl adjacent to an activating group) is 1. The predicted octanol–water partition coefficient (Wildman–Crippen LogP) is 3.08. The number of nitrogens with zero attached hydrogens (tertiary/aromatic N) is 2. The van der Waals surface area contributed by atoms with Crippen LogP contribution in [0.15, 0.2) is 0 Å². The van der Waals surface area contributed by atoms with Crippen LogP contribution in [0.4, 0.5) is 4.79 Å². The zero-order valence-corrected chi connectivity index (χ0v) is 30.1. The van der Waals surface area contributed by atoms with Crippen LogP contribution in [-0.2, 0) is 24.0 Å². The number of hydrogen-bond donors (Lipinski definition) is 4. The summed E-state index contributed by atoms with van der Waals surface area (Å²) in [4.78, 5) is 78.6. The Morgan fingerprint density at radius 2 is 1.42 bits per heavy atom. The van der Waals surface area contributed by atoms with Gasteiger partial charge in [-0.15, -0.1) is 0 Å². The molecule has 12 nitrogen and oxygen atoms in total. The lowest BCUT2D eigenvalue weighted by atomic mass is 9.85. The second-order valence-electron chi connectivity index (χ2n) is 15.1. The third-order valence-corrected chi connectivity index (χ3v) is 7.29. The van der Waals surface area contributed by atoms with Gasteiger partial charge in [-0.25, -0.2) is 4.79 Å². The van der Waals surface area contributed by atoms with Gasteiger partial charge in [0, 0.05) is 20.6 Å². The molecule has 0 aromatic carbocycles. The summed E-state index contributed by atoms with van der Waals surface area (Å²) in [6.45, 7) is 22.2. The summed E-state index contributed by atoms with van der Waals surface area (Å²) in [6.07, 6.45) is 2.56. The van der Waals surface area contributed by atoms with Gasteiger partial charge < -0.3 is 31.5 Å². The normalized spacial score (nSPS) is 19.1. The highest BCUT2D eigenvalue weighted by atomic mass is 16.2. The number of primary amides is 1. The van der Waals surface area contributed by atoms with Crippen LogP contribution in [0, 0.1) is 28.6 Å². The summed E-state index contributed by atoms with van der Waals surface area (Å²) < 4.78 is 0. The molecule has 1 heterocycles. The molecular weight excluding hydrogens is 576 g/mol. The maximum atomic E-state index is 13.9. The Morgan fingerprint density at radius 1 is 0.911 bits per heavy atom. The summed E-state index contributed by atoms with van der Waals surface area (Å²) in [5.74, 6) is -2.76. The average Bonchev–Trinajstić information content (AvgIpc) is 3.61. The number of ketones is 1. The SMILES string of the molecule is CC.CC(C)(C)C.CC(C)C1C[C@@H](C(=O)NC(CC2CC2)C(=O)C(N)=O)N(C(=O)C(NC(=O)NCC(=O)N(C)C)C(C)(C)C)C1. The molecule has 1 aliphatic heterocycles. The molecule has 5 N–H and O–H groups in total. The lowest BCUT2D eigenvalue weighted by Gasteiger charge is -2.35. The van der Waals surface area contributed by atoms with Gasteiger partial charge >= 0.3 is 6.03 Å². The topological polar surface area (TPSA) is 171 Å². The first-order valence-electron chi connectivity index (χ1n) is 16.2. The van der Waals surface area contributed by atoms with Crippen molar-refractivity contribution in [3.63, 3.8) is 0 Å². The average molecular weight is 639 g/mol. The van der Waals surface area contributed by atoms with E-state index >= 15 is 0 Å². The van der Waals surface area contributed by atoms with E-state index in [2.05, 4.69) is 43.6 Å². The number of nitrogens with two attached hydrogens (primary N) is 1. The first kappa shape index (κ1) is 41.8. The van der Waals surface area contributed by atoms with Crippen LogP contribution in [0.1, 0.15) is 102 Å².